The fourth-order valence-corrected chi connectivity index (χ4v) is 5.12. The summed E-state index contributed by atoms with van der Waals surface area (Å²) in [5.41, 5.74) is 0.163. The second-order valence-electron chi connectivity index (χ2n) is 5.78. The molecule has 1 aliphatic rings. The van der Waals surface area contributed by atoms with Crippen LogP contribution in [0.5, 0.6) is 0 Å². The van der Waals surface area contributed by atoms with Gasteiger partial charge in [0, 0.05) is 24.7 Å². The summed E-state index contributed by atoms with van der Waals surface area (Å²) >= 11 is 1.37. The van der Waals surface area contributed by atoms with Crippen molar-refractivity contribution in [3.63, 3.8) is 0 Å². The molecule has 8 heteroatoms. The van der Waals surface area contributed by atoms with Crippen molar-refractivity contribution in [2.45, 2.75) is 23.8 Å². The van der Waals surface area contributed by atoms with Crippen LogP contribution in [-0.2, 0) is 10.0 Å². The number of sulfonamides is 1. The van der Waals surface area contributed by atoms with Crippen molar-refractivity contribution in [3.05, 3.63) is 52.2 Å². The van der Waals surface area contributed by atoms with Gasteiger partial charge in [-0.25, -0.2) is 8.42 Å². The number of rotatable bonds is 5. The Kier molecular flexibility index (Phi) is 5.31. The van der Waals surface area contributed by atoms with Gasteiger partial charge in [0.25, 0.3) is 5.91 Å². The highest BCUT2D eigenvalue weighted by atomic mass is 32.2. The van der Waals surface area contributed by atoms with E-state index in [1.165, 1.54) is 27.8 Å². The highest BCUT2D eigenvalue weighted by Gasteiger charge is 2.31. The van der Waals surface area contributed by atoms with Crippen molar-refractivity contribution in [3.8, 4) is 0 Å². The van der Waals surface area contributed by atoms with Crippen LogP contribution in [0.2, 0.25) is 0 Å². The number of hydrogen-bond acceptors (Lipinski definition) is 5. The molecule has 25 heavy (non-hydrogen) atoms. The van der Waals surface area contributed by atoms with Crippen molar-refractivity contribution in [1.29, 1.82) is 0 Å². The topological polar surface area (TPSA) is 83.6 Å². The Balaban J connectivity index is 1.65. The van der Waals surface area contributed by atoms with Crippen LogP contribution in [0.3, 0.4) is 0 Å². The maximum atomic E-state index is 12.8. The molecule has 1 aliphatic heterocycles. The summed E-state index contributed by atoms with van der Waals surface area (Å²) in [6.07, 6.45) is 1.64. The highest BCUT2D eigenvalue weighted by Crippen LogP contribution is 2.23. The summed E-state index contributed by atoms with van der Waals surface area (Å²) in [6.45, 7) is 0.621. The summed E-state index contributed by atoms with van der Waals surface area (Å²) < 4.78 is 26.9. The van der Waals surface area contributed by atoms with E-state index < -0.39 is 10.0 Å². The van der Waals surface area contributed by atoms with E-state index >= 15 is 0 Å². The van der Waals surface area contributed by atoms with Crippen molar-refractivity contribution >= 4 is 33.6 Å². The summed E-state index contributed by atoms with van der Waals surface area (Å²) in [7, 11) is -3.71. The minimum Gasteiger partial charge on any atom is -0.349 e. The van der Waals surface area contributed by atoms with E-state index in [9.17, 15) is 18.0 Å². The smallest absolute Gasteiger partial charge is 0.261 e. The molecule has 1 saturated heterocycles. The minimum absolute atomic E-state index is 0.0334. The lowest BCUT2D eigenvalue weighted by molar-refractivity contribution is 0.0927. The van der Waals surface area contributed by atoms with Gasteiger partial charge in [-0.1, -0.05) is 24.3 Å². The van der Waals surface area contributed by atoms with Crippen LogP contribution in [-0.4, -0.2) is 44.0 Å². The Hall–Kier alpha value is -2.03. The van der Waals surface area contributed by atoms with Crippen LogP contribution < -0.4 is 5.32 Å². The van der Waals surface area contributed by atoms with E-state index in [1.54, 1.807) is 18.2 Å². The summed E-state index contributed by atoms with van der Waals surface area (Å²) in [6, 6.07) is 9.71. The molecule has 1 aromatic heterocycles. The van der Waals surface area contributed by atoms with Gasteiger partial charge in [-0.05, 0) is 30.4 Å². The molecule has 1 N–H and O–H groups in total. The van der Waals surface area contributed by atoms with Gasteiger partial charge in [0.2, 0.25) is 10.0 Å². The second kappa shape index (κ2) is 7.47. The van der Waals surface area contributed by atoms with E-state index in [1.807, 2.05) is 11.4 Å². The maximum absolute atomic E-state index is 12.8. The third-order valence-electron chi connectivity index (χ3n) is 4.20. The monoisotopic (exact) mass is 378 g/mol. The zero-order valence-electron chi connectivity index (χ0n) is 13.4. The first kappa shape index (κ1) is 17.8. The van der Waals surface area contributed by atoms with Gasteiger partial charge in [0.15, 0.2) is 6.29 Å². The minimum atomic E-state index is -3.71. The molecule has 132 valence electrons. The predicted molar refractivity (Wildman–Crippen MR) is 95.4 cm³/mol. The molecule has 1 aromatic carbocycles. The van der Waals surface area contributed by atoms with E-state index in [0.29, 0.717) is 37.1 Å². The molecule has 1 fully saturated rings. The largest absolute Gasteiger partial charge is 0.349 e. The average molecular weight is 378 g/mol. The summed E-state index contributed by atoms with van der Waals surface area (Å²) in [5, 5.41) is 4.79. The molecule has 0 atom stereocenters. The molecule has 2 aromatic rings. The zero-order valence-corrected chi connectivity index (χ0v) is 15.1. The SMILES string of the molecule is O=Cc1ccccc1S(=O)(=O)N1CCC(NC(=O)c2cccs2)CC1. The standard InChI is InChI=1S/C17H18N2O4S2/c20-12-13-4-1-2-6-16(13)25(22,23)19-9-7-14(8-10-19)18-17(21)15-5-3-11-24-15/h1-6,11-12,14H,7-10H2,(H,18,21). The van der Waals surface area contributed by atoms with Gasteiger partial charge >= 0.3 is 0 Å². The van der Waals surface area contributed by atoms with E-state index in [2.05, 4.69) is 5.32 Å². The number of nitrogens with one attached hydrogen (secondary N) is 1. The lowest BCUT2D eigenvalue weighted by atomic mass is 10.1. The zero-order chi connectivity index (χ0) is 17.9. The molecule has 0 unspecified atom stereocenters. The Morgan fingerprint density at radius 3 is 2.52 bits per heavy atom. The van der Waals surface area contributed by atoms with Gasteiger partial charge in [-0.2, -0.15) is 4.31 Å². The molecule has 6 nitrogen and oxygen atoms in total. The summed E-state index contributed by atoms with van der Waals surface area (Å²) in [5.74, 6) is -0.123. The lowest BCUT2D eigenvalue weighted by Crippen LogP contribution is -2.46. The third-order valence-corrected chi connectivity index (χ3v) is 7.04. The third kappa shape index (κ3) is 3.81. The number of amides is 1. The Labute approximate surface area is 150 Å². The van der Waals surface area contributed by atoms with E-state index in [4.69, 9.17) is 0 Å². The quantitative estimate of drug-likeness (QED) is 0.808. The fourth-order valence-electron chi connectivity index (χ4n) is 2.86. The van der Waals surface area contributed by atoms with Crippen molar-refractivity contribution in [2.75, 3.05) is 13.1 Å². The van der Waals surface area contributed by atoms with Gasteiger partial charge < -0.3 is 5.32 Å². The number of hydrogen-bond donors (Lipinski definition) is 1. The molecule has 3 rings (SSSR count). The Morgan fingerprint density at radius 1 is 1.16 bits per heavy atom. The van der Waals surface area contributed by atoms with Crippen molar-refractivity contribution < 1.29 is 18.0 Å². The predicted octanol–water partition coefficient (Wildman–Crippen LogP) is 2.14. The average Bonchev–Trinajstić information content (AvgIpc) is 3.17. The van der Waals surface area contributed by atoms with Gasteiger partial charge in [-0.15, -0.1) is 11.3 Å². The lowest BCUT2D eigenvalue weighted by Gasteiger charge is -2.31. The van der Waals surface area contributed by atoms with Crippen LogP contribution in [0, 0.1) is 0 Å². The van der Waals surface area contributed by atoms with E-state index in [0.717, 1.165) is 0 Å². The summed E-state index contributed by atoms with van der Waals surface area (Å²) in [4.78, 5) is 23.9. The Bertz CT molecular complexity index is 855. The molecule has 1 amide bonds. The van der Waals surface area contributed by atoms with Crippen LogP contribution >= 0.6 is 11.3 Å². The molecule has 2 heterocycles. The number of piperidine rings is 1. The number of thiophene rings is 1. The number of carbonyl (C=O) groups is 2. The van der Waals surface area contributed by atoms with Crippen LogP contribution in [0.4, 0.5) is 0 Å². The first-order chi connectivity index (χ1) is 12.0. The molecule has 0 saturated carbocycles. The Morgan fingerprint density at radius 2 is 1.88 bits per heavy atom. The number of nitrogens with zero attached hydrogens (tertiary/aromatic N) is 1. The molecule has 0 bridgehead atoms. The van der Waals surface area contributed by atoms with Crippen LogP contribution in [0.25, 0.3) is 0 Å². The van der Waals surface area contributed by atoms with Gasteiger partial charge in [0.1, 0.15) is 0 Å². The number of aldehydes is 1. The molecule has 0 aliphatic carbocycles. The normalized spacial score (nSPS) is 16.5. The van der Waals surface area contributed by atoms with Crippen molar-refractivity contribution in [2.24, 2.45) is 0 Å². The molecule has 0 spiro atoms. The van der Waals surface area contributed by atoms with Crippen LogP contribution in [0.1, 0.15) is 32.9 Å². The van der Waals surface area contributed by atoms with E-state index in [-0.39, 0.29) is 22.4 Å². The van der Waals surface area contributed by atoms with Gasteiger partial charge in [0.05, 0.1) is 9.77 Å². The molecular weight excluding hydrogens is 360 g/mol. The fraction of sp³-hybridized carbons (Fsp3) is 0.294. The van der Waals surface area contributed by atoms with Crippen molar-refractivity contribution in [1.82, 2.24) is 9.62 Å². The van der Waals surface area contributed by atoms with Crippen LogP contribution in [0.15, 0.2) is 46.7 Å². The highest BCUT2D eigenvalue weighted by molar-refractivity contribution is 7.89. The maximum Gasteiger partial charge on any atom is 0.261 e. The number of carbonyl (C=O) groups excluding carboxylic acids is 2. The first-order valence-corrected chi connectivity index (χ1v) is 10.2. The molecule has 0 radical (unpaired) electrons. The first-order valence-electron chi connectivity index (χ1n) is 7.91. The second-order valence-corrected chi connectivity index (χ2v) is 8.64. The molecular formula is C17H18N2O4S2. The number of benzene rings is 1. The van der Waals surface area contributed by atoms with Gasteiger partial charge in [-0.3, -0.25) is 9.59 Å².